The number of hydrogen-bond acceptors (Lipinski definition) is 3. The van der Waals surface area contributed by atoms with Gasteiger partial charge in [-0.05, 0) is 42.1 Å². The predicted octanol–water partition coefficient (Wildman–Crippen LogP) is 3.17. The molecule has 110 valence electrons. The summed E-state index contributed by atoms with van der Waals surface area (Å²) < 4.78 is 11.7. The molecule has 0 spiro atoms. The number of fused-ring (bicyclic) bond motifs is 3. The lowest BCUT2D eigenvalue weighted by molar-refractivity contribution is 0.0143. The Morgan fingerprint density at radius 1 is 1.25 bits per heavy atom. The third-order valence-corrected chi connectivity index (χ3v) is 5.79. The van der Waals surface area contributed by atoms with E-state index in [0.717, 1.165) is 19.4 Å². The first kappa shape index (κ1) is 14.1. The molecule has 20 heavy (non-hydrogen) atoms. The lowest BCUT2D eigenvalue weighted by Crippen LogP contribution is -2.47. The number of hydrogen-bond donors (Lipinski definition) is 0. The smallest absolute Gasteiger partial charge is 0.0835 e. The van der Waals surface area contributed by atoms with Crippen LogP contribution in [0.2, 0.25) is 0 Å². The van der Waals surface area contributed by atoms with Crippen molar-refractivity contribution in [2.45, 2.75) is 45.8 Å². The Hall–Kier alpha value is -0.850. The molecule has 1 saturated carbocycles. The molecule has 0 unspecified atom stereocenters. The van der Waals surface area contributed by atoms with Gasteiger partial charge >= 0.3 is 0 Å². The lowest BCUT2D eigenvalue weighted by Gasteiger charge is -2.48. The summed E-state index contributed by atoms with van der Waals surface area (Å²) in [6, 6.07) is 2.65. The summed E-state index contributed by atoms with van der Waals surface area (Å²) in [5.41, 5.74) is 0.899. The van der Waals surface area contributed by atoms with Gasteiger partial charge in [0.1, 0.15) is 0 Å². The molecule has 3 rings (SSSR count). The van der Waals surface area contributed by atoms with Gasteiger partial charge in [0.2, 0.25) is 0 Å². The molecule has 0 amide bonds. The minimum atomic E-state index is -0.320. The molecule has 3 aliphatic rings. The van der Waals surface area contributed by atoms with Gasteiger partial charge in [0, 0.05) is 7.11 Å². The minimum absolute atomic E-state index is 0.125. The van der Waals surface area contributed by atoms with Crippen LogP contribution in [0.15, 0.2) is 11.6 Å². The Kier molecular flexibility index (Phi) is 3.43. The highest BCUT2D eigenvalue weighted by Crippen LogP contribution is 2.56. The Balaban J connectivity index is 2.05. The Morgan fingerprint density at radius 3 is 2.60 bits per heavy atom. The van der Waals surface area contributed by atoms with E-state index < -0.39 is 0 Å². The summed E-state index contributed by atoms with van der Waals surface area (Å²) in [4.78, 5) is 0. The predicted molar refractivity (Wildman–Crippen MR) is 76.9 cm³/mol. The first-order valence-corrected chi connectivity index (χ1v) is 7.80. The van der Waals surface area contributed by atoms with Gasteiger partial charge in [-0.2, -0.15) is 5.26 Å². The molecule has 0 aromatic heterocycles. The Bertz CT molecular complexity index is 466. The van der Waals surface area contributed by atoms with Gasteiger partial charge < -0.3 is 9.47 Å². The number of ether oxygens (including phenoxy) is 2. The van der Waals surface area contributed by atoms with Crippen molar-refractivity contribution >= 4 is 0 Å². The summed E-state index contributed by atoms with van der Waals surface area (Å²) in [7, 11) is 1.76. The van der Waals surface area contributed by atoms with Crippen molar-refractivity contribution in [2.24, 2.45) is 29.1 Å². The maximum atomic E-state index is 9.87. The zero-order chi connectivity index (χ0) is 14.5. The molecule has 0 radical (unpaired) electrons. The molecular formula is C17H25NO2. The second-order valence-electron chi connectivity index (χ2n) is 7.19. The van der Waals surface area contributed by atoms with E-state index in [9.17, 15) is 5.26 Å². The molecule has 3 nitrogen and oxygen atoms in total. The zero-order valence-corrected chi connectivity index (χ0v) is 12.9. The van der Waals surface area contributed by atoms with Crippen LogP contribution >= 0.6 is 0 Å². The summed E-state index contributed by atoms with van der Waals surface area (Å²) >= 11 is 0. The molecule has 0 N–H and O–H groups in total. The number of rotatable bonds is 1. The van der Waals surface area contributed by atoms with E-state index in [4.69, 9.17) is 9.47 Å². The fourth-order valence-electron chi connectivity index (χ4n) is 4.93. The topological polar surface area (TPSA) is 42.2 Å². The van der Waals surface area contributed by atoms with Crippen molar-refractivity contribution in [1.82, 2.24) is 0 Å². The van der Waals surface area contributed by atoms with E-state index in [0.29, 0.717) is 23.7 Å². The van der Waals surface area contributed by atoms with Gasteiger partial charge in [0.05, 0.1) is 30.3 Å². The van der Waals surface area contributed by atoms with Crippen LogP contribution in [0.4, 0.5) is 0 Å². The molecule has 0 aromatic rings. The highest BCUT2D eigenvalue weighted by Gasteiger charge is 2.55. The van der Waals surface area contributed by atoms with Crippen molar-refractivity contribution in [1.29, 1.82) is 5.26 Å². The quantitative estimate of drug-likeness (QED) is 0.690. The van der Waals surface area contributed by atoms with Crippen LogP contribution in [0.1, 0.15) is 33.6 Å². The molecule has 1 heterocycles. The van der Waals surface area contributed by atoms with Gasteiger partial charge in [-0.25, -0.2) is 0 Å². The van der Waals surface area contributed by atoms with Crippen molar-refractivity contribution in [3.63, 3.8) is 0 Å². The zero-order valence-electron chi connectivity index (χ0n) is 12.9. The molecule has 1 saturated heterocycles. The summed E-state index contributed by atoms with van der Waals surface area (Å²) in [5, 5.41) is 9.87. The fraction of sp³-hybridized carbons (Fsp3) is 0.824. The van der Waals surface area contributed by atoms with E-state index >= 15 is 0 Å². The van der Waals surface area contributed by atoms with Crippen molar-refractivity contribution in [2.75, 3.05) is 13.7 Å². The SMILES string of the molecule is CO[C@@H]1C=C2[C@@H]3OC[C@@H](C)[C@@H]3[C@@H](C)C[C@]2(C#N)C[C@H]1C. The van der Waals surface area contributed by atoms with Gasteiger partial charge in [-0.15, -0.1) is 0 Å². The van der Waals surface area contributed by atoms with Gasteiger partial charge in [-0.3, -0.25) is 0 Å². The van der Waals surface area contributed by atoms with Gasteiger partial charge in [-0.1, -0.05) is 26.8 Å². The van der Waals surface area contributed by atoms with Crippen LogP contribution in [0.5, 0.6) is 0 Å². The number of nitrogens with zero attached hydrogens (tertiary/aromatic N) is 1. The van der Waals surface area contributed by atoms with E-state index in [-0.39, 0.29) is 17.6 Å². The standard InChI is InChI=1S/C17H25NO2/c1-10-6-17(9-18)7-11(2)15-12(3)8-20-16(15)13(17)5-14(10)19-4/h5,10-12,14-16H,6-8H2,1-4H3/t10-,11+,12-,14-,15+,16+,17+/m1/s1. The number of nitriles is 1. The maximum Gasteiger partial charge on any atom is 0.0835 e. The lowest BCUT2D eigenvalue weighted by atomic mass is 9.55. The summed E-state index contributed by atoms with van der Waals surface area (Å²) in [6.45, 7) is 7.59. The van der Waals surface area contributed by atoms with E-state index in [1.165, 1.54) is 5.57 Å². The fourth-order valence-corrected chi connectivity index (χ4v) is 4.93. The highest BCUT2D eigenvalue weighted by atomic mass is 16.5. The molecule has 2 aliphatic carbocycles. The van der Waals surface area contributed by atoms with Crippen molar-refractivity contribution in [3.05, 3.63) is 11.6 Å². The summed E-state index contributed by atoms with van der Waals surface area (Å²) in [6.07, 6.45) is 4.35. The van der Waals surface area contributed by atoms with Gasteiger partial charge in [0.15, 0.2) is 0 Å². The molecule has 3 heteroatoms. The van der Waals surface area contributed by atoms with Crippen LogP contribution < -0.4 is 0 Å². The Labute approximate surface area is 121 Å². The van der Waals surface area contributed by atoms with E-state index in [1.54, 1.807) is 7.11 Å². The highest BCUT2D eigenvalue weighted by molar-refractivity contribution is 5.36. The van der Waals surface area contributed by atoms with Crippen LogP contribution in [0, 0.1) is 40.4 Å². The normalized spacial score (nSPS) is 50.9. The van der Waals surface area contributed by atoms with E-state index in [2.05, 4.69) is 32.9 Å². The third kappa shape index (κ3) is 1.85. The van der Waals surface area contributed by atoms with E-state index in [1.807, 2.05) is 0 Å². The summed E-state index contributed by atoms with van der Waals surface area (Å²) in [5.74, 6) is 2.10. The minimum Gasteiger partial charge on any atom is -0.377 e. The largest absolute Gasteiger partial charge is 0.377 e. The average Bonchev–Trinajstić information content (AvgIpc) is 2.81. The second kappa shape index (κ2) is 4.86. The second-order valence-corrected chi connectivity index (χ2v) is 7.19. The monoisotopic (exact) mass is 275 g/mol. The van der Waals surface area contributed by atoms with Crippen LogP contribution in [0.3, 0.4) is 0 Å². The van der Waals surface area contributed by atoms with Crippen LogP contribution in [0.25, 0.3) is 0 Å². The van der Waals surface area contributed by atoms with Crippen molar-refractivity contribution in [3.8, 4) is 6.07 Å². The maximum absolute atomic E-state index is 9.87. The molecule has 2 fully saturated rings. The molecule has 1 aliphatic heterocycles. The van der Waals surface area contributed by atoms with Crippen molar-refractivity contribution < 1.29 is 9.47 Å². The molecule has 0 aromatic carbocycles. The first-order chi connectivity index (χ1) is 9.52. The molecule has 0 bridgehead atoms. The first-order valence-electron chi connectivity index (χ1n) is 7.80. The third-order valence-electron chi connectivity index (χ3n) is 5.79. The van der Waals surface area contributed by atoms with Crippen LogP contribution in [-0.4, -0.2) is 25.9 Å². The molecule has 7 atom stereocenters. The van der Waals surface area contributed by atoms with Gasteiger partial charge in [0.25, 0.3) is 0 Å². The average molecular weight is 275 g/mol. The Morgan fingerprint density at radius 2 is 1.95 bits per heavy atom. The molecular weight excluding hydrogens is 250 g/mol. The van der Waals surface area contributed by atoms with Crippen LogP contribution in [-0.2, 0) is 9.47 Å². The number of methoxy groups -OCH3 is 1.